The normalized spacial score (nSPS) is 16.6. The number of hydrogen-bond donors (Lipinski definition) is 2. The first kappa shape index (κ1) is 21.3. The second-order valence-electron chi connectivity index (χ2n) is 6.56. The Labute approximate surface area is 169 Å². The molecule has 0 aliphatic carbocycles. The summed E-state index contributed by atoms with van der Waals surface area (Å²) in [5, 5.41) is 8.58. The first-order valence-electron chi connectivity index (χ1n) is 8.85. The molecule has 0 bridgehead atoms. The van der Waals surface area contributed by atoms with E-state index in [2.05, 4.69) is 15.3 Å². The highest BCUT2D eigenvalue weighted by Gasteiger charge is 2.33. The van der Waals surface area contributed by atoms with Crippen molar-refractivity contribution >= 4 is 29.4 Å². The molecule has 0 aromatic carbocycles. The number of amides is 1. The van der Waals surface area contributed by atoms with Gasteiger partial charge in [-0.15, -0.1) is 0 Å². The summed E-state index contributed by atoms with van der Waals surface area (Å²) in [6.45, 7) is 0.106. The number of alkyl halides is 4. The van der Waals surface area contributed by atoms with Crippen molar-refractivity contribution in [2.45, 2.75) is 36.6 Å². The highest BCUT2D eigenvalue weighted by molar-refractivity contribution is 7.97. The van der Waals surface area contributed by atoms with Gasteiger partial charge in [-0.05, 0) is 42.6 Å². The van der Waals surface area contributed by atoms with Crippen LogP contribution in [0.15, 0.2) is 35.5 Å². The van der Waals surface area contributed by atoms with Gasteiger partial charge in [0.2, 0.25) is 5.92 Å². The number of aromatic nitrogens is 2. The molecule has 156 valence electrons. The maximum Gasteiger partial charge on any atom is 0.280 e. The topological polar surface area (TPSA) is 84.1 Å². The van der Waals surface area contributed by atoms with Crippen LogP contribution in [0, 0.1) is 0 Å². The molecule has 1 fully saturated rings. The lowest BCUT2D eigenvalue weighted by Crippen LogP contribution is -2.29. The zero-order valence-electron chi connectivity index (χ0n) is 15.2. The van der Waals surface area contributed by atoms with Gasteiger partial charge < -0.3 is 10.2 Å². The number of rotatable bonds is 5. The molecular formula is C18H19F4N5OS. The van der Waals surface area contributed by atoms with E-state index in [0.29, 0.717) is 10.7 Å². The van der Waals surface area contributed by atoms with Crippen LogP contribution in [0.5, 0.6) is 0 Å². The predicted molar refractivity (Wildman–Crippen MR) is 102 cm³/mol. The average molecular weight is 429 g/mol. The van der Waals surface area contributed by atoms with Crippen molar-refractivity contribution in [3.63, 3.8) is 0 Å². The van der Waals surface area contributed by atoms with Crippen molar-refractivity contribution in [2.24, 2.45) is 5.14 Å². The number of halogens is 4. The minimum absolute atomic E-state index is 0.0263. The Balaban J connectivity index is 1.91. The molecule has 0 saturated carbocycles. The van der Waals surface area contributed by atoms with Crippen LogP contribution in [-0.4, -0.2) is 34.9 Å². The van der Waals surface area contributed by atoms with Crippen molar-refractivity contribution in [3.05, 3.63) is 41.7 Å². The van der Waals surface area contributed by atoms with Crippen LogP contribution in [0.1, 0.15) is 41.7 Å². The third kappa shape index (κ3) is 5.36. The Kier molecular flexibility index (Phi) is 6.58. The molecule has 1 saturated heterocycles. The lowest BCUT2D eigenvalue weighted by Gasteiger charge is -2.24. The van der Waals surface area contributed by atoms with Gasteiger partial charge in [0.05, 0.1) is 5.56 Å². The fraction of sp³-hybridized carbons (Fsp3) is 0.389. The van der Waals surface area contributed by atoms with E-state index in [1.807, 2.05) is 0 Å². The Bertz CT molecular complexity index is 883. The zero-order chi connectivity index (χ0) is 21.0. The summed E-state index contributed by atoms with van der Waals surface area (Å²) < 4.78 is 53.7. The maximum atomic E-state index is 13.7. The molecule has 1 aliphatic heterocycles. The van der Waals surface area contributed by atoms with Crippen LogP contribution < -0.4 is 15.4 Å². The Morgan fingerprint density at radius 1 is 1.24 bits per heavy atom. The summed E-state index contributed by atoms with van der Waals surface area (Å²) in [4.78, 5) is 22.2. The van der Waals surface area contributed by atoms with Gasteiger partial charge >= 0.3 is 0 Å². The van der Waals surface area contributed by atoms with Gasteiger partial charge in [-0.25, -0.2) is 27.5 Å². The van der Waals surface area contributed by atoms with Crippen molar-refractivity contribution in [3.8, 4) is 0 Å². The number of nitrogens with two attached hydrogens (primary N) is 1. The SMILES string of the molecule is NSc1cc(NC(=O)c2ccc(C(F)F)nc2N2CCCC(F)(F)CC2)ccn1. The van der Waals surface area contributed by atoms with E-state index < -0.39 is 30.4 Å². The van der Waals surface area contributed by atoms with E-state index in [4.69, 9.17) is 5.14 Å². The highest BCUT2D eigenvalue weighted by Crippen LogP contribution is 2.32. The number of carbonyl (C=O) groups excluding carboxylic acids is 1. The van der Waals surface area contributed by atoms with E-state index in [0.717, 1.165) is 18.0 Å². The number of carbonyl (C=O) groups is 1. The molecule has 3 rings (SSSR count). The molecule has 0 unspecified atom stereocenters. The Morgan fingerprint density at radius 3 is 2.76 bits per heavy atom. The van der Waals surface area contributed by atoms with Gasteiger partial charge in [0.1, 0.15) is 16.5 Å². The maximum absolute atomic E-state index is 13.7. The van der Waals surface area contributed by atoms with E-state index in [1.165, 1.54) is 17.2 Å². The molecule has 6 nitrogen and oxygen atoms in total. The van der Waals surface area contributed by atoms with Crippen molar-refractivity contribution in [2.75, 3.05) is 23.3 Å². The Hall–Kier alpha value is -2.40. The molecule has 0 atom stereocenters. The Morgan fingerprint density at radius 2 is 2.03 bits per heavy atom. The molecule has 2 aromatic heterocycles. The largest absolute Gasteiger partial charge is 0.356 e. The summed E-state index contributed by atoms with van der Waals surface area (Å²) in [6, 6.07) is 5.39. The van der Waals surface area contributed by atoms with Crippen LogP contribution in [0.4, 0.5) is 29.1 Å². The van der Waals surface area contributed by atoms with Crippen molar-refractivity contribution in [1.82, 2.24) is 9.97 Å². The number of nitrogens with zero attached hydrogens (tertiary/aromatic N) is 3. The van der Waals surface area contributed by atoms with Gasteiger partial charge in [-0.2, -0.15) is 0 Å². The number of nitrogens with one attached hydrogen (secondary N) is 1. The van der Waals surface area contributed by atoms with Gasteiger partial charge in [0.15, 0.2) is 0 Å². The second-order valence-corrected chi connectivity index (χ2v) is 7.21. The standard InChI is InChI=1S/C18H19F4N5OS/c19-15(20)13-3-2-12(17(28)25-11-4-7-24-14(10-11)29-23)16(26-13)27-8-1-5-18(21,22)6-9-27/h2-4,7,10,15H,1,5-6,8-9,23H2,(H,24,25,28). The summed E-state index contributed by atoms with van der Waals surface area (Å²) >= 11 is 0.902. The van der Waals surface area contributed by atoms with Crippen molar-refractivity contribution in [1.29, 1.82) is 0 Å². The second kappa shape index (κ2) is 8.95. The third-order valence-electron chi connectivity index (χ3n) is 4.50. The smallest absolute Gasteiger partial charge is 0.280 e. The molecule has 3 N–H and O–H groups in total. The monoisotopic (exact) mass is 429 g/mol. The molecule has 0 spiro atoms. The van der Waals surface area contributed by atoms with Gasteiger partial charge in [-0.3, -0.25) is 9.93 Å². The predicted octanol–water partition coefficient (Wildman–Crippen LogP) is 4.26. The lowest BCUT2D eigenvalue weighted by molar-refractivity contribution is -0.0102. The van der Waals surface area contributed by atoms with Crippen LogP contribution >= 0.6 is 11.9 Å². The molecule has 3 heterocycles. The molecule has 2 aromatic rings. The number of hydrogen-bond acceptors (Lipinski definition) is 6. The minimum Gasteiger partial charge on any atom is -0.356 e. The van der Waals surface area contributed by atoms with E-state index in [-0.39, 0.29) is 37.3 Å². The zero-order valence-corrected chi connectivity index (χ0v) is 16.1. The van der Waals surface area contributed by atoms with E-state index in [1.54, 1.807) is 12.1 Å². The quantitative estimate of drug-likeness (QED) is 0.546. The molecule has 11 heteroatoms. The lowest BCUT2D eigenvalue weighted by atomic mass is 10.1. The molecule has 29 heavy (non-hydrogen) atoms. The average Bonchev–Trinajstić information content (AvgIpc) is 2.88. The van der Waals surface area contributed by atoms with E-state index in [9.17, 15) is 22.4 Å². The third-order valence-corrected chi connectivity index (χ3v) is 4.96. The summed E-state index contributed by atoms with van der Waals surface area (Å²) in [7, 11) is 0. The van der Waals surface area contributed by atoms with Gasteiger partial charge in [0, 0.05) is 37.8 Å². The fourth-order valence-corrected chi connectivity index (χ4v) is 3.35. The van der Waals surface area contributed by atoms with Gasteiger partial charge in [0.25, 0.3) is 12.3 Å². The minimum atomic E-state index is -2.84. The number of anilines is 2. The van der Waals surface area contributed by atoms with Gasteiger partial charge in [-0.1, -0.05) is 0 Å². The number of pyridine rings is 2. The van der Waals surface area contributed by atoms with E-state index >= 15 is 0 Å². The molecule has 1 amide bonds. The summed E-state index contributed by atoms with van der Waals surface area (Å²) in [6.07, 6.45) is -1.95. The van der Waals surface area contributed by atoms with Crippen LogP contribution in [0.25, 0.3) is 0 Å². The summed E-state index contributed by atoms with van der Waals surface area (Å²) in [5.41, 5.74) is -0.0825. The molecule has 1 aliphatic rings. The van der Waals surface area contributed by atoms with Crippen LogP contribution in [-0.2, 0) is 0 Å². The first-order valence-corrected chi connectivity index (χ1v) is 9.73. The molecule has 0 radical (unpaired) electrons. The summed E-state index contributed by atoms with van der Waals surface area (Å²) in [5.74, 6) is -3.45. The fourth-order valence-electron chi connectivity index (χ4n) is 3.03. The van der Waals surface area contributed by atoms with Crippen LogP contribution in [0.3, 0.4) is 0 Å². The highest BCUT2D eigenvalue weighted by atomic mass is 32.2. The first-order chi connectivity index (χ1) is 13.8. The van der Waals surface area contributed by atoms with Crippen molar-refractivity contribution < 1.29 is 22.4 Å². The van der Waals surface area contributed by atoms with Crippen LogP contribution in [0.2, 0.25) is 0 Å². The molecular weight excluding hydrogens is 410 g/mol.